The SMILES string of the molecule is CN(C)C[C@@H](N)C1CCOCC1.CN(C)C[C@@H](OC#N)C1CCOCC1.S.S. The molecule has 0 aromatic rings. The van der Waals surface area contributed by atoms with Gasteiger partial charge in [-0.05, 0) is 59.8 Å². The van der Waals surface area contributed by atoms with Gasteiger partial charge in [0.2, 0.25) is 0 Å². The van der Waals surface area contributed by atoms with E-state index in [0.717, 1.165) is 65.2 Å². The molecule has 0 aliphatic carbocycles. The summed E-state index contributed by atoms with van der Waals surface area (Å²) in [5, 5.41) is 8.56. The van der Waals surface area contributed by atoms with Crippen molar-refractivity contribution < 1.29 is 14.2 Å². The van der Waals surface area contributed by atoms with Gasteiger partial charge in [0.15, 0.2) is 0 Å². The first-order valence-corrected chi connectivity index (χ1v) is 9.69. The highest BCUT2D eigenvalue weighted by Gasteiger charge is 2.26. The molecule has 2 saturated heterocycles. The van der Waals surface area contributed by atoms with Crippen molar-refractivity contribution in [2.24, 2.45) is 17.6 Å². The van der Waals surface area contributed by atoms with E-state index in [-0.39, 0.29) is 33.1 Å². The molecule has 2 fully saturated rings. The van der Waals surface area contributed by atoms with E-state index in [1.807, 2.05) is 14.1 Å². The molecule has 28 heavy (non-hydrogen) atoms. The largest absolute Gasteiger partial charge is 0.423 e. The Hall–Kier alpha value is -0.210. The molecule has 9 heteroatoms. The fraction of sp³-hybridized carbons (Fsp3) is 0.947. The normalized spacial score (nSPS) is 20.1. The van der Waals surface area contributed by atoms with Gasteiger partial charge in [-0.2, -0.15) is 32.3 Å². The first kappa shape index (κ1) is 30.0. The molecule has 0 unspecified atom stereocenters. The van der Waals surface area contributed by atoms with Crippen LogP contribution in [0.25, 0.3) is 0 Å². The third-order valence-electron chi connectivity index (χ3n) is 4.99. The van der Waals surface area contributed by atoms with Crippen molar-refractivity contribution in [1.29, 1.82) is 5.26 Å². The van der Waals surface area contributed by atoms with Gasteiger partial charge in [-0.1, -0.05) is 0 Å². The lowest BCUT2D eigenvalue weighted by atomic mass is 9.92. The van der Waals surface area contributed by atoms with E-state index in [1.165, 1.54) is 0 Å². The second-order valence-corrected chi connectivity index (χ2v) is 7.84. The van der Waals surface area contributed by atoms with Gasteiger partial charge in [0.25, 0.3) is 6.26 Å². The molecular weight excluding hydrogens is 396 g/mol. The molecule has 7 nitrogen and oxygen atoms in total. The van der Waals surface area contributed by atoms with Crippen molar-refractivity contribution in [1.82, 2.24) is 9.80 Å². The van der Waals surface area contributed by atoms with Gasteiger partial charge in [-0.15, -0.1) is 0 Å². The van der Waals surface area contributed by atoms with Crippen LogP contribution >= 0.6 is 27.0 Å². The van der Waals surface area contributed by atoms with Crippen LogP contribution in [0.15, 0.2) is 0 Å². The molecule has 2 aliphatic rings. The summed E-state index contributed by atoms with van der Waals surface area (Å²) in [6.45, 7) is 5.17. The fourth-order valence-electron chi connectivity index (χ4n) is 3.51. The van der Waals surface area contributed by atoms with Gasteiger partial charge < -0.3 is 29.7 Å². The smallest absolute Gasteiger partial charge is 0.286 e. The lowest BCUT2D eigenvalue weighted by Crippen LogP contribution is -2.41. The van der Waals surface area contributed by atoms with Gasteiger partial charge in [-0.25, -0.2) is 0 Å². The second kappa shape index (κ2) is 17.6. The van der Waals surface area contributed by atoms with Crippen molar-refractivity contribution >= 4 is 27.0 Å². The standard InChI is InChI=1S/C10H18N2O2.C9H20N2O.2H2S/c1-12(2)7-10(14-8-11)9-3-5-13-6-4-9;1-11(2)7-9(10)8-3-5-12-6-4-8;;/h9-10H,3-7H2,1-2H3;8-9H,3-7,10H2,1-2H3;2*1H2/t10-;9-;;/m11../s1. The summed E-state index contributed by atoms with van der Waals surface area (Å²) in [5.41, 5.74) is 6.05. The van der Waals surface area contributed by atoms with Crippen LogP contribution in [0.5, 0.6) is 0 Å². The number of ether oxygens (including phenoxy) is 3. The van der Waals surface area contributed by atoms with Crippen molar-refractivity contribution in [2.45, 2.75) is 37.8 Å². The van der Waals surface area contributed by atoms with E-state index in [9.17, 15) is 0 Å². The average Bonchev–Trinajstić information content (AvgIpc) is 2.62. The minimum atomic E-state index is 0. The number of nitrogens with two attached hydrogens (primary N) is 1. The number of nitriles is 1. The minimum Gasteiger partial charge on any atom is -0.423 e. The van der Waals surface area contributed by atoms with E-state index in [4.69, 9.17) is 25.2 Å². The van der Waals surface area contributed by atoms with Crippen molar-refractivity contribution in [3.8, 4) is 6.26 Å². The molecular formula is C19H42N4O3S2. The molecule has 2 N–H and O–H groups in total. The Morgan fingerprint density at radius 2 is 1.32 bits per heavy atom. The van der Waals surface area contributed by atoms with Gasteiger partial charge in [0.1, 0.15) is 6.10 Å². The molecule has 0 spiro atoms. The lowest BCUT2D eigenvalue weighted by Gasteiger charge is -2.29. The molecule has 2 heterocycles. The van der Waals surface area contributed by atoms with E-state index < -0.39 is 0 Å². The van der Waals surface area contributed by atoms with Crippen LogP contribution in [0.3, 0.4) is 0 Å². The highest BCUT2D eigenvalue weighted by Crippen LogP contribution is 2.21. The predicted molar refractivity (Wildman–Crippen MR) is 123 cm³/mol. The first-order valence-electron chi connectivity index (χ1n) is 9.69. The van der Waals surface area contributed by atoms with Gasteiger partial charge in [0, 0.05) is 51.5 Å². The molecule has 0 saturated carbocycles. The Kier molecular flexibility index (Phi) is 18.9. The zero-order valence-electron chi connectivity index (χ0n) is 18.0. The van der Waals surface area contributed by atoms with Gasteiger partial charge >= 0.3 is 0 Å². The predicted octanol–water partition coefficient (Wildman–Crippen LogP) is 1.37. The quantitative estimate of drug-likeness (QED) is 0.601. The Bertz CT molecular complexity index is 399. The molecule has 0 radical (unpaired) electrons. The monoisotopic (exact) mass is 438 g/mol. The van der Waals surface area contributed by atoms with Crippen molar-refractivity contribution in [2.75, 3.05) is 67.7 Å². The Morgan fingerprint density at radius 1 is 0.893 bits per heavy atom. The van der Waals surface area contributed by atoms with Crippen LogP contribution in [0.2, 0.25) is 0 Å². The van der Waals surface area contributed by atoms with Crippen LogP contribution in [0, 0.1) is 23.4 Å². The van der Waals surface area contributed by atoms with Crippen LogP contribution in [-0.4, -0.2) is 89.7 Å². The summed E-state index contributed by atoms with van der Waals surface area (Å²) < 4.78 is 15.7. The number of rotatable bonds is 7. The third kappa shape index (κ3) is 13.1. The minimum absolute atomic E-state index is 0. The number of likely N-dealkylation sites (N-methyl/N-ethyl adjacent to an activating group) is 2. The van der Waals surface area contributed by atoms with E-state index in [0.29, 0.717) is 17.9 Å². The van der Waals surface area contributed by atoms with E-state index in [1.54, 1.807) is 6.26 Å². The summed E-state index contributed by atoms with van der Waals surface area (Å²) in [6, 6.07) is 0.323. The number of hydrogen-bond donors (Lipinski definition) is 1. The molecule has 0 bridgehead atoms. The molecule has 0 aromatic heterocycles. The number of nitrogens with zero attached hydrogens (tertiary/aromatic N) is 3. The molecule has 0 aromatic carbocycles. The molecule has 2 rings (SSSR count). The van der Waals surface area contributed by atoms with Gasteiger partial charge in [0.05, 0.1) is 0 Å². The molecule has 0 amide bonds. The molecule has 2 atom stereocenters. The second-order valence-electron chi connectivity index (χ2n) is 7.84. The maximum absolute atomic E-state index is 8.56. The highest BCUT2D eigenvalue weighted by atomic mass is 32.1. The zero-order valence-corrected chi connectivity index (χ0v) is 20.0. The van der Waals surface area contributed by atoms with Crippen molar-refractivity contribution in [3.63, 3.8) is 0 Å². The summed E-state index contributed by atoms with van der Waals surface area (Å²) in [6.07, 6.45) is 6.10. The summed E-state index contributed by atoms with van der Waals surface area (Å²) in [4.78, 5) is 4.21. The topological polar surface area (TPSA) is 84.0 Å². The van der Waals surface area contributed by atoms with Crippen LogP contribution in [-0.2, 0) is 14.2 Å². The van der Waals surface area contributed by atoms with Crippen molar-refractivity contribution in [3.05, 3.63) is 0 Å². The zero-order chi connectivity index (χ0) is 19.4. The highest BCUT2D eigenvalue weighted by molar-refractivity contribution is 7.59. The van der Waals surface area contributed by atoms with E-state index >= 15 is 0 Å². The fourth-order valence-corrected chi connectivity index (χ4v) is 3.51. The maximum Gasteiger partial charge on any atom is 0.286 e. The summed E-state index contributed by atoms with van der Waals surface area (Å²) in [5.74, 6) is 1.13. The first-order chi connectivity index (χ1) is 12.4. The summed E-state index contributed by atoms with van der Waals surface area (Å²) >= 11 is 0. The van der Waals surface area contributed by atoms with Crippen LogP contribution in [0.1, 0.15) is 25.7 Å². The number of hydrogen-bond acceptors (Lipinski definition) is 7. The summed E-state index contributed by atoms with van der Waals surface area (Å²) in [7, 11) is 8.12. The van der Waals surface area contributed by atoms with Gasteiger partial charge in [-0.3, -0.25) is 0 Å². The molecule has 168 valence electrons. The molecule has 2 aliphatic heterocycles. The maximum atomic E-state index is 8.56. The van der Waals surface area contributed by atoms with Crippen LogP contribution in [0.4, 0.5) is 0 Å². The lowest BCUT2D eigenvalue weighted by molar-refractivity contribution is -0.00242. The third-order valence-corrected chi connectivity index (χ3v) is 4.99. The van der Waals surface area contributed by atoms with Crippen LogP contribution < -0.4 is 5.73 Å². The Morgan fingerprint density at radius 3 is 1.71 bits per heavy atom. The average molecular weight is 439 g/mol. The van der Waals surface area contributed by atoms with E-state index in [2.05, 4.69) is 23.9 Å². The Labute approximate surface area is 185 Å². The Balaban J connectivity index is 0.